The molecule has 1 aliphatic rings. The Morgan fingerprint density at radius 1 is 1.55 bits per heavy atom. The summed E-state index contributed by atoms with van der Waals surface area (Å²) in [5.74, 6) is 0.741. The van der Waals surface area contributed by atoms with Crippen molar-refractivity contribution in [2.75, 3.05) is 0 Å². The number of hydrogen-bond acceptors (Lipinski definition) is 0. The molecule has 1 rings (SSSR count). The summed E-state index contributed by atoms with van der Waals surface area (Å²) in [6, 6.07) is 0. The van der Waals surface area contributed by atoms with Crippen LogP contribution >= 0.6 is 0 Å². The lowest BCUT2D eigenvalue weighted by Crippen LogP contribution is -1.98. The van der Waals surface area contributed by atoms with Crippen LogP contribution in [0.25, 0.3) is 0 Å². The van der Waals surface area contributed by atoms with Gasteiger partial charge in [-0.05, 0) is 38.5 Å². The highest BCUT2D eigenvalue weighted by Crippen LogP contribution is 2.21. The molecule has 0 aromatic carbocycles. The lowest BCUT2D eigenvalue weighted by molar-refractivity contribution is 0.533. The van der Waals surface area contributed by atoms with Gasteiger partial charge in [-0.15, -0.1) is 6.58 Å². The van der Waals surface area contributed by atoms with E-state index in [0.717, 1.165) is 5.92 Å². The van der Waals surface area contributed by atoms with E-state index in [4.69, 9.17) is 0 Å². The molecule has 0 aliphatic heterocycles. The van der Waals surface area contributed by atoms with Gasteiger partial charge in [-0.2, -0.15) is 0 Å². The van der Waals surface area contributed by atoms with Gasteiger partial charge in [0.2, 0.25) is 0 Å². The van der Waals surface area contributed by atoms with Gasteiger partial charge in [-0.25, -0.2) is 0 Å². The SMILES string of the molecule is C=CC1C/C=C(/C)CCCC1. The average Bonchev–Trinajstić information content (AvgIpc) is 1.98. The first-order valence-electron chi connectivity index (χ1n) is 4.61. The Kier molecular flexibility index (Phi) is 3.41. The third kappa shape index (κ3) is 2.92. The Labute approximate surface area is 70.0 Å². The van der Waals surface area contributed by atoms with Crippen molar-refractivity contribution in [1.82, 2.24) is 0 Å². The lowest BCUT2D eigenvalue weighted by Gasteiger charge is -2.13. The van der Waals surface area contributed by atoms with Crippen LogP contribution < -0.4 is 0 Å². The second kappa shape index (κ2) is 4.38. The highest BCUT2D eigenvalue weighted by Gasteiger charge is 2.05. The molecule has 0 radical (unpaired) electrons. The van der Waals surface area contributed by atoms with Crippen molar-refractivity contribution < 1.29 is 0 Å². The molecule has 11 heavy (non-hydrogen) atoms. The molecule has 0 bridgehead atoms. The number of rotatable bonds is 1. The van der Waals surface area contributed by atoms with Gasteiger partial charge in [0.05, 0.1) is 0 Å². The van der Waals surface area contributed by atoms with Gasteiger partial charge >= 0.3 is 0 Å². The zero-order chi connectivity index (χ0) is 8.10. The van der Waals surface area contributed by atoms with E-state index in [2.05, 4.69) is 25.7 Å². The van der Waals surface area contributed by atoms with E-state index in [0.29, 0.717) is 0 Å². The van der Waals surface area contributed by atoms with Gasteiger partial charge < -0.3 is 0 Å². The van der Waals surface area contributed by atoms with Crippen LogP contribution in [0.15, 0.2) is 24.3 Å². The highest BCUT2D eigenvalue weighted by atomic mass is 14.1. The molecule has 0 heterocycles. The van der Waals surface area contributed by atoms with E-state index in [1.165, 1.54) is 32.1 Å². The van der Waals surface area contributed by atoms with Crippen LogP contribution in [0.4, 0.5) is 0 Å². The molecule has 0 saturated carbocycles. The summed E-state index contributed by atoms with van der Waals surface area (Å²) in [6.07, 6.45) is 11.1. The molecule has 0 aromatic heterocycles. The maximum absolute atomic E-state index is 3.85. The molecule has 0 aromatic rings. The summed E-state index contributed by atoms with van der Waals surface area (Å²) in [5, 5.41) is 0. The Morgan fingerprint density at radius 3 is 3.09 bits per heavy atom. The smallest absolute Gasteiger partial charge is 0.0201 e. The van der Waals surface area contributed by atoms with Crippen molar-refractivity contribution in [2.45, 2.75) is 39.0 Å². The Balaban J connectivity index is 2.48. The van der Waals surface area contributed by atoms with Crippen LogP contribution in [-0.2, 0) is 0 Å². The van der Waals surface area contributed by atoms with Crippen molar-refractivity contribution in [2.24, 2.45) is 5.92 Å². The van der Waals surface area contributed by atoms with Crippen LogP contribution in [0.3, 0.4) is 0 Å². The van der Waals surface area contributed by atoms with Gasteiger partial charge in [0.1, 0.15) is 0 Å². The lowest BCUT2D eigenvalue weighted by atomic mass is 9.92. The first-order chi connectivity index (χ1) is 5.33. The molecule has 0 saturated heterocycles. The molecule has 1 atom stereocenters. The fourth-order valence-corrected chi connectivity index (χ4v) is 1.60. The van der Waals surface area contributed by atoms with Crippen molar-refractivity contribution in [3.05, 3.63) is 24.3 Å². The third-order valence-electron chi connectivity index (χ3n) is 2.50. The van der Waals surface area contributed by atoms with E-state index >= 15 is 0 Å². The van der Waals surface area contributed by atoms with Crippen molar-refractivity contribution in [3.8, 4) is 0 Å². The molecule has 0 nitrogen and oxygen atoms in total. The molecule has 0 fully saturated rings. The summed E-state index contributed by atoms with van der Waals surface area (Å²) >= 11 is 0. The molecular weight excluding hydrogens is 132 g/mol. The Hall–Kier alpha value is -0.520. The van der Waals surface area contributed by atoms with Gasteiger partial charge in [0.15, 0.2) is 0 Å². The van der Waals surface area contributed by atoms with Gasteiger partial charge in [-0.3, -0.25) is 0 Å². The van der Waals surface area contributed by atoms with Crippen LogP contribution in [0.1, 0.15) is 39.0 Å². The summed E-state index contributed by atoms with van der Waals surface area (Å²) in [6.45, 7) is 6.09. The van der Waals surface area contributed by atoms with Crippen molar-refractivity contribution in [3.63, 3.8) is 0 Å². The molecule has 1 aliphatic carbocycles. The second-order valence-electron chi connectivity index (χ2n) is 3.53. The van der Waals surface area contributed by atoms with Gasteiger partial charge in [0, 0.05) is 0 Å². The topological polar surface area (TPSA) is 0 Å². The predicted molar refractivity (Wildman–Crippen MR) is 50.5 cm³/mol. The minimum Gasteiger partial charge on any atom is -0.103 e. The molecule has 0 spiro atoms. The summed E-state index contributed by atoms with van der Waals surface area (Å²) < 4.78 is 0. The molecule has 0 amide bonds. The Bertz CT molecular complexity index is 153. The van der Waals surface area contributed by atoms with E-state index in [1.54, 1.807) is 5.57 Å². The monoisotopic (exact) mass is 150 g/mol. The first kappa shape index (κ1) is 8.58. The maximum Gasteiger partial charge on any atom is -0.0201 e. The molecule has 62 valence electrons. The largest absolute Gasteiger partial charge is 0.103 e. The minimum atomic E-state index is 0.741. The van der Waals surface area contributed by atoms with E-state index in [1.807, 2.05) is 0 Å². The molecule has 1 unspecified atom stereocenters. The summed E-state index contributed by atoms with van der Waals surface area (Å²) in [7, 11) is 0. The second-order valence-corrected chi connectivity index (χ2v) is 3.53. The third-order valence-corrected chi connectivity index (χ3v) is 2.50. The Morgan fingerprint density at radius 2 is 2.36 bits per heavy atom. The van der Waals surface area contributed by atoms with Crippen LogP contribution in [0, 0.1) is 5.92 Å². The van der Waals surface area contributed by atoms with E-state index in [9.17, 15) is 0 Å². The zero-order valence-corrected chi connectivity index (χ0v) is 7.47. The minimum absolute atomic E-state index is 0.741. The van der Waals surface area contributed by atoms with Crippen LogP contribution in [0.5, 0.6) is 0 Å². The maximum atomic E-state index is 3.85. The number of allylic oxidation sites excluding steroid dienone is 3. The standard InChI is InChI=1S/C11H18/c1-3-11-7-5-4-6-10(2)8-9-11/h3,8,11H,1,4-7,9H2,2H3/b10-8-. The van der Waals surface area contributed by atoms with Crippen molar-refractivity contribution >= 4 is 0 Å². The molecule has 0 heteroatoms. The van der Waals surface area contributed by atoms with Crippen LogP contribution in [0.2, 0.25) is 0 Å². The zero-order valence-electron chi connectivity index (χ0n) is 7.47. The quantitative estimate of drug-likeness (QED) is 0.500. The summed E-state index contributed by atoms with van der Waals surface area (Å²) in [4.78, 5) is 0. The highest BCUT2D eigenvalue weighted by molar-refractivity contribution is 5.01. The van der Waals surface area contributed by atoms with Crippen LogP contribution in [-0.4, -0.2) is 0 Å². The fraction of sp³-hybridized carbons (Fsp3) is 0.636. The average molecular weight is 150 g/mol. The van der Waals surface area contributed by atoms with E-state index in [-0.39, 0.29) is 0 Å². The van der Waals surface area contributed by atoms with Gasteiger partial charge in [-0.1, -0.05) is 24.1 Å². The van der Waals surface area contributed by atoms with E-state index < -0.39 is 0 Å². The van der Waals surface area contributed by atoms with Gasteiger partial charge in [0.25, 0.3) is 0 Å². The fourth-order valence-electron chi connectivity index (χ4n) is 1.60. The molecule has 0 N–H and O–H groups in total. The number of hydrogen-bond donors (Lipinski definition) is 0. The molecular formula is C11H18. The normalized spacial score (nSPS) is 31.4. The van der Waals surface area contributed by atoms with Crippen molar-refractivity contribution in [1.29, 1.82) is 0 Å². The predicted octanol–water partition coefficient (Wildman–Crippen LogP) is 3.70. The first-order valence-corrected chi connectivity index (χ1v) is 4.61. The summed E-state index contributed by atoms with van der Waals surface area (Å²) in [5.41, 5.74) is 1.57.